The number of benzene rings is 3. The van der Waals surface area contributed by atoms with Crippen molar-refractivity contribution in [2.75, 3.05) is 12.4 Å². The van der Waals surface area contributed by atoms with Gasteiger partial charge in [0.25, 0.3) is 11.5 Å². The largest absolute Gasteiger partial charge is 0.497 e. The van der Waals surface area contributed by atoms with E-state index < -0.39 is 0 Å². The summed E-state index contributed by atoms with van der Waals surface area (Å²) in [5.74, 6) is 0.289. The minimum absolute atomic E-state index is 0.250. The van der Waals surface area contributed by atoms with Crippen LogP contribution < -0.4 is 15.6 Å². The molecule has 0 radical (unpaired) electrons. The van der Waals surface area contributed by atoms with Crippen LogP contribution in [0.3, 0.4) is 0 Å². The fraction of sp³-hybridized carbons (Fsp3) is 0.0455. The zero-order valence-electron chi connectivity index (χ0n) is 15.1. The van der Waals surface area contributed by atoms with E-state index in [0.29, 0.717) is 33.6 Å². The van der Waals surface area contributed by atoms with Crippen LogP contribution in [0.15, 0.2) is 77.6 Å². The Morgan fingerprint density at radius 3 is 2.64 bits per heavy atom. The number of fused-ring (bicyclic) bond motifs is 1. The van der Waals surface area contributed by atoms with Crippen LogP contribution >= 0.6 is 0 Å². The molecule has 0 spiro atoms. The van der Waals surface area contributed by atoms with Crippen LogP contribution in [-0.4, -0.2) is 23.0 Å². The molecule has 2 N–H and O–H groups in total. The first-order chi connectivity index (χ1) is 13.7. The number of amides is 1. The molecule has 138 valence electrons. The molecular formula is C22H17N3O3. The minimum atomic E-state index is -0.318. The minimum Gasteiger partial charge on any atom is -0.497 e. The number of aromatic amines is 1. The quantitative estimate of drug-likeness (QED) is 0.571. The van der Waals surface area contributed by atoms with Crippen molar-refractivity contribution in [2.24, 2.45) is 0 Å². The Balaban J connectivity index is 1.74. The topological polar surface area (TPSA) is 84.1 Å². The maximum absolute atomic E-state index is 12.7. The predicted octanol–water partition coefficient (Wildman–Crippen LogP) is 3.85. The molecule has 0 bridgehead atoms. The van der Waals surface area contributed by atoms with E-state index in [1.807, 2.05) is 18.2 Å². The van der Waals surface area contributed by atoms with Crippen molar-refractivity contribution in [3.8, 4) is 17.0 Å². The Morgan fingerprint density at radius 1 is 1.00 bits per heavy atom. The highest BCUT2D eigenvalue weighted by molar-refractivity contribution is 6.06. The van der Waals surface area contributed by atoms with Gasteiger partial charge in [-0.15, -0.1) is 0 Å². The fourth-order valence-corrected chi connectivity index (χ4v) is 2.97. The van der Waals surface area contributed by atoms with Crippen molar-refractivity contribution < 1.29 is 9.53 Å². The number of hydrogen-bond acceptors (Lipinski definition) is 4. The summed E-state index contributed by atoms with van der Waals surface area (Å²) in [4.78, 5) is 32.6. The molecule has 0 saturated heterocycles. The summed E-state index contributed by atoms with van der Waals surface area (Å²) in [7, 11) is 1.55. The third kappa shape index (κ3) is 3.35. The lowest BCUT2D eigenvalue weighted by molar-refractivity contribution is 0.102. The molecule has 0 saturated carbocycles. The van der Waals surface area contributed by atoms with Gasteiger partial charge in [-0.2, -0.15) is 0 Å². The van der Waals surface area contributed by atoms with Crippen molar-refractivity contribution in [1.29, 1.82) is 0 Å². The average molecular weight is 371 g/mol. The molecule has 4 aromatic rings. The first-order valence-electron chi connectivity index (χ1n) is 8.69. The van der Waals surface area contributed by atoms with Crippen LogP contribution in [0.4, 0.5) is 5.69 Å². The number of methoxy groups -OCH3 is 1. The van der Waals surface area contributed by atoms with Gasteiger partial charge in [-0.1, -0.05) is 36.4 Å². The number of para-hydroxylation sites is 3. The van der Waals surface area contributed by atoms with Gasteiger partial charge in [-0.3, -0.25) is 9.59 Å². The Hall–Kier alpha value is -3.93. The summed E-state index contributed by atoms with van der Waals surface area (Å²) in [6.07, 6.45) is 0. The molecule has 0 unspecified atom stereocenters. The number of aromatic nitrogens is 2. The Kier molecular flexibility index (Phi) is 4.60. The van der Waals surface area contributed by atoms with Crippen LogP contribution in [0.5, 0.6) is 5.75 Å². The molecular weight excluding hydrogens is 354 g/mol. The Labute approximate surface area is 160 Å². The third-order valence-electron chi connectivity index (χ3n) is 4.36. The number of carbonyl (C=O) groups is 1. The molecule has 3 aromatic carbocycles. The standard InChI is InChI=1S/C22H17N3O3/c1-28-15-8-6-7-14(13-15)21(26)24-17-10-3-2-9-16(17)20-22(27)25-19-12-5-4-11-18(19)23-20/h2-13H,1H3,(H,24,26)(H,25,27). The molecule has 6 nitrogen and oxygen atoms in total. The molecule has 1 heterocycles. The van der Waals surface area contributed by atoms with Crippen molar-refractivity contribution in [3.05, 3.63) is 88.7 Å². The summed E-state index contributed by atoms with van der Waals surface area (Å²) < 4.78 is 5.17. The van der Waals surface area contributed by atoms with E-state index in [0.717, 1.165) is 0 Å². The molecule has 1 aromatic heterocycles. The van der Waals surface area contributed by atoms with Crippen molar-refractivity contribution in [2.45, 2.75) is 0 Å². The third-order valence-corrected chi connectivity index (χ3v) is 4.36. The van der Waals surface area contributed by atoms with Gasteiger partial charge in [0.15, 0.2) is 0 Å². The monoisotopic (exact) mass is 371 g/mol. The van der Waals surface area contributed by atoms with E-state index in [1.54, 1.807) is 61.7 Å². The smallest absolute Gasteiger partial charge is 0.275 e. The molecule has 0 aliphatic rings. The normalized spacial score (nSPS) is 10.6. The first kappa shape index (κ1) is 17.5. The van der Waals surface area contributed by atoms with Gasteiger partial charge in [-0.05, 0) is 36.4 Å². The summed E-state index contributed by atoms with van der Waals surface area (Å²) in [6, 6.07) is 21.3. The highest BCUT2D eigenvalue weighted by Gasteiger charge is 2.14. The zero-order valence-corrected chi connectivity index (χ0v) is 15.1. The zero-order chi connectivity index (χ0) is 19.5. The lowest BCUT2D eigenvalue weighted by Crippen LogP contribution is -2.16. The number of carbonyl (C=O) groups excluding carboxylic acids is 1. The van der Waals surface area contributed by atoms with Gasteiger partial charge >= 0.3 is 0 Å². The molecule has 0 fully saturated rings. The second-order valence-electron chi connectivity index (χ2n) is 6.16. The van der Waals surface area contributed by atoms with E-state index >= 15 is 0 Å². The maximum Gasteiger partial charge on any atom is 0.275 e. The number of hydrogen-bond donors (Lipinski definition) is 2. The summed E-state index contributed by atoms with van der Waals surface area (Å²) in [5, 5.41) is 2.86. The molecule has 4 rings (SSSR count). The van der Waals surface area contributed by atoms with E-state index in [2.05, 4.69) is 15.3 Å². The van der Waals surface area contributed by atoms with Crippen molar-refractivity contribution in [3.63, 3.8) is 0 Å². The summed E-state index contributed by atoms with van der Waals surface area (Å²) >= 11 is 0. The molecule has 0 aliphatic heterocycles. The number of nitrogens with zero attached hydrogens (tertiary/aromatic N) is 1. The molecule has 1 amide bonds. The van der Waals surface area contributed by atoms with Gasteiger partial charge in [-0.25, -0.2) is 4.98 Å². The lowest BCUT2D eigenvalue weighted by atomic mass is 10.1. The molecule has 0 aliphatic carbocycles. The van der Waals surface area contributed by atoms with Gasteiger partial charge in [0.2, 0.25) is 0 Å². The SMILES string of the molecule is COc1cccc(C(=O)Nc2ccccc2-c2nc3ccccc3[nH]c2=O)c1. The van der Waals surface area contributed by atoms with E-state index in [9.17, 15) is 9.59 Å². The number of nitrogens with one attached hydrogen (secondary N) is 2. The van der Waals surface area contributed by atoms with Crippen LogP contribution in [0.25, 0.3) is 22.3 Å². The highest BCUT2D eigenvalue weighted by Crippen LogP contribution is 2.26. The van der Waals surface area contributed by atoms with E-state index in [1.165, 1.54) is 0 Å². The summed E-state index contributed by atoms with van der Waals surface area (Å²) in [6.45, 7) is 0. The fourth-order valence-electron chi connectivity index (χ4n) is 2.97. The predicted molar refractivity (Wildman–Crippen MR) is 109 cm³/mol. The van der Waals surface area contributed by atoms with Crippen molar-refractivity contribution in [1.82, 2.24) is 9.97 Å². The second-order valence-corrected chi connectivity index (χ2v) is 6.16. The van der Waals surface area contributed by atoms with Crippen LogP contribution in [0.1, 0.15) is 10.4 Å². The maximum atomic E-state index is 12.7. The van der Waals surface area contributed by atoms with Gasteiger partial charge in [0, 0.05) is 11.1 Å². The number of rotatable bonds is 4. The second kappa shape index (κ2) is 7.36. The van der Waals surface area contributed by atoms with Gasteiger partial charge in [0.1, 0.15) is 11.4 Å². The molecule has 6 heteroatoms. The number of H-pyrrole nitrogens is 1. The number of anilines is 1. The first-order valence-corrected chi connectivity index (χ1v) is 8.69. The Morgan fingerprint density at radius 2 is 1.79 bits per heavy atom. The van der Waals surface area contributed by atoms with Crippen LogP contribution in [0.2, 0.25) is 0 Å². The van der Waals surface area contributed by atoms with Crippen LogP contribution in [-0.2, 0) is 0 Å². The van der Waals surface area contributed by atoms with E-state index in [-0.39, 0.29) is 17.2 Å². The highest BCUT2D eigenvalue weighted by atomic mass is 16.5. The molecule has 0 atom stereocenters. The van der Waals surface area contributed by atoms with Crippen LogP contribution in [0, 0.1) is 0 Å². The molecule has 28 heavy (non-hydrogen) atoms. The Bertz CT molecular complexity index is 1230. The van der Waals surface area contributed by atoms with E-state index in [4.69, 9.17) is 4.74 Å². The van der Waals surface area contributed by atoms with Crippen molar-refractivity contribution >= 4 is 22.6 Å². The summed E-state index contributed by atoms with van der Waals surface area (Å²) in [5.41, 5.74) is 2.77. The van der Waals surface area contributed by atoms with Gasteiger partial charge in [0.05, 0.1) is 23.8 Å². The lowest BCUT2D eigenvalue weighted by Gasteiger charge is -2.11. The van der Waals surface area contributed by atoms with Gasteiger partial charge < -0.3 is 15.0 Å². The number of ether oxygens (including phenoxy) is 1. The average Bonchev–Trinajstić information content (AvgIpc) is 2.74.